The number of ether oxygens (including phenoxy) is 1. The first-order valence-corrected chi connectivity index (χ1v) is 8.66. The quantitative estimate of drug-likeness (QED) is 0.659. The smallest absolute Gasteiger partial charge is 0.248 e. The van der Waals surface area contributed by atoms with Gasteiger partial charge < -0.3 is 15.8 Å². The van der Waals surface area contributed by atoms with E-state index in [1.165, 1.54) is 11.9 Å². The van der Waals surface area contributed by atoms with E-state index in [1.807, 2.05) is 26.0 Å². The van der Waals surface area contributed by atoms with Crippen molar-refractivity contribution in [2.24, 2.45) is 0 Å². The zero-order valence-corrected chi connectivity index (χ0v) is 15.8. The molecule has 0 amide bonds. The molecule has 2 aromatic carbocycles. The van der Waals surface area contributed by atoms with Crippen LogP contribution in [0.2, 0.25) is 5.02 Å². The number of rotatable bonds is 5. The van der Waals surface area contributed by atoms with E-state index in [9.17, 15) is 0 Å². The number of aromatic nitrogens is 2. The molecule has 0 aliphatic heterocycles. The molecule has 1 aromatic heterocycles. The maximum Gasteiger partial charge on any atom is 0.248 e. The van der Waals surface area contributed by atoms with Gasteiger partial charge in [-0.05, 0) is 49.6 Å². The van der Waals surface area contributed by atoms with E-state index in [4.69, 9.17) is 22.1 Å². The fraction of sp³-hybridized carbons (Fsp3) is 0.200. The van der Waals surface area contributed by atoms with Gasteiger partial charge in [-0.15, -0.1) is 0 Å². The molecule has 1 heterocycles. The summed E-state index contributed by atoms with van der Waals surface area (Å²) in [7, 11) is 0. The number of anilines is 2. The van der Waals surface area contributed by atoms with Crippen molar-refractivity contribution < 1.29 is 4.74 Å². The van der Waals surface area contributed by atoms with Crippen molar-refractivity contribution in [1.29, 1.82) is 0 Å². The van der Waals surface area contributed by atoms with Crippen molar-refractivity contribution in [3.05, 3.63) is 70.0 Å². The summed E-state index contributed by atoms with van der Waals surface area (Å²) < 4.78 is 5.86. The van der Waals surface area contributed by atoms with Gasteiger partial charge in [0, 0.05) is 11.6 Å². The number of nitrogens with one attached hydrogen (secondary N) is 1. The molecule has 0 aliphatic rings. The van der Waals surface area contributed by atoms with Crippen LogP contribution in [0.15, 0.2) is 42.7 Å². The van der Waals surface area contributed by atoms with Crippen LogP contribution < -0.4 is 15.8 Å². The largest absolute Gasteiger partial charge is 0.437 e. The molecule has 0 radical (unpaired) electrons. The van der Waals surface area contributed by atoms with Crippen LogP contribution >= 0.6 is 11.6 Å². The molecule has 26 heavy (non-hydrogen) atoms. The number of aryl methyl sites for hydroxylation is 3. The summed E-state index contributed by atoms with van der Waals surface area (Å²) in [4.78, 5) is 8.37. The fourth-order valence-corrected chi connectivity index (χ4v) is 2.68. The Morgan fingerprint density at radius 2 is 1.69 bits per heavy atom. The molecule has 0 saturated carbocycles. The average molecular weight is 369 g/mol. The standard InChI is InChI=1S/C20H21ClN4O/c1-12-4-6-15(7-5-12)10-23-19-18(22)20(25-11-24-19)26-16-8-13(2)17(21)14(3)9-16/h4-9,11H,10,22H2,1-3H3,(H,23,24,25). The summed E-state index contributed by atoms with van der Waals surface area (Å²) in [6.45, 7) is 6.53. The van der Waals surface area contributed by atoms with Gasteiger partial charge >= 0.3 is 0 Å². The molecule has 0 spiro atoms. The van der Waals surface area contributed by atoms with Crippen LogP contribution in [-0.4, -0.2) is 9.97 Å². The molecule has 0 bridgehead atoms. The highest BCUT2D eigenvalue weighted by Gasteiger charge is 2.12. The molecule has 0 saturated heterocycles. The second kappa shape index (κ2) is 7.62. The van der Waals surface area contributed by atoms with Crippen LogP contribution in [0.25, 0.3) is 0 Å². The number of hydrogen-bond acceptors (Lipinski definition) is 5. The molecule has 5 nitrogen and oxygen atoms in total. The first kappa shape index (κ1) is 18.0. The molecule has 0 aliphatic carbocycles. The van der Waals surface area contributed by atoms with Crippen molar-refractivity contribution in [3.63, 3.8) is 0 Å². The highest BCUT2D eigenvalue weighted by Crippen LogP contribution is 2.32. The zero-order valence-electron chi connectivity index (χ0n) is 15.0. The highest BCUT2D eigenvalue weighted by atomic mass is 35.5. The van der Waals surface area contributed by atoms with E-state index in [1.54, 1.807) is 0 Å². The Hall–Kier alpha value is -2.79. The summed E-state index contributed by atoms with van der Waals surface area (Å²) in [5.74, 6) is 1.49. The van der Waals surface area contributed by atoms with Gasteiger partial charge in [-0.1, -0.05) is 41.4 Å². The number of nitrogens with zero attached hydrogens (tertiary/aromatic N) is 2. The Labute approximate surface area is 158 Å². The molecule has 0 unspecified atom stereocenters. The van der Waals surface area contributed by atoms with E-state index in [2.05, 4.69) is 46.5 Å². The SMILES string of the molecule is Cc1ccc(CNc2ncnc(Oc3cc(C)c(Cl)c(C)c3)c2N)cc1. The van der Waals surface area contributed by atoms with E-state index < -0.39 is 0 Å². The summed E-state index contributed by atoms with van der Waals surface area (Å²) in [6.07, 6.45) is 1.43. The summed E-state index contributed by atoms with van der Waals surface area (Å²) in [5.41, 5.74) is 10.8. The summed E-state index contributed by atoms with van der Waals surface area (Å²) in [6, 6.07) is 12.0. The molecule has 3 rings (SSSR count). The molecule has 0 fully saturated rings. The second-order valence-electron chi connectivity index (χ2n) is 6.25. The lowest BCUT2D eigenvalue weighted by atomic mass is 10.1. The van der Waals surface area contributed by atoms with Crippen LogP contribution in [0.3, 0.4) is 0 Å². The molecular formula is C20H21ClN4O. The van der Waals surface area contributed by atoms with Crippen molar-refractivity contribution in [2.75, 3.05) is 11.1 Å². The Balaban J connectivity index is 1.77. The van der Waals surface area contributed by atoms with E-state index in [0.717, 1.165) is 21.7 Å². The molecule has 3 aromatic rings. The first-order chi connectivity index (χ1) is 12.4. The van der Waals surface area contributed by atoms with E-state index in [0.29, 0.717) is 29.7 Å². The third-order valence-corrected chi connectivity index (χ3v) is 4.65. The van der Waals surface area contributed by atoms with Crippen molar-refractivity contribution in [2.45, 2.75) is 27.3 Å². The topological polar surface area (TPSA) is 73.1 Å². The zero-order chi connectivity index (χ0) is 18.7. The number of nitrogen functional groups attached to an aromatic ring is 1. The number of benzene rings is 2. The Morgan fingerprint density at radius 1 is 1.04 bits per heavy atom. The molecular weight excluding hydrogens is 348 g/mol. The van der Waals surface area contributed by atoms with Gasteiger partial charge in [0.15, 0.2) is 5.82 Å². The van der Waals surface area contributed by atoms with Gasteiger partial charge in [-0.2, -0.15) is 4.98 Å². The minimum atomic E-state index is 0.313. The summed E-state index contributed by atoms with van der Waals surface area (Å²) >= 11 is 6.20. The van der Waals surface area contributed by atoms with Crippen molar-refractivity contribution in [3.8, 4) is 11.6 Å². The number of nitrogens with two attached hydrogens (primary N) is 1. The lowest BCUT2D eigenvalue weighted by Crippen LogP contribution is -2.06. The second-order valence-corrected chi connectivity index (χ2v) is 6.63. The normalized spacial score (nSPS) is 10.6. The predicted molar refractivity (Wildman–Crippen MR) is 106 cm³/mol. The third-order valence-electron chi connectivity index (χ3n) is 4.05. The van der Waals surface area contributed by atoms with Gasteiger partial charge in [0.2, 0.25) is 5.88 Å². The Bertz CT molecular complexity index is 903. The lowest BCUT2D eigenvalue weighted by Gasteiger charge is -2.13. The van der Waals surface area contributed by atoms with E-state index in [-0.39, 0.29) is 0 Å². The maximum atomic E-state index is 6.20. The summed E-state index contributed by atoms with van der Waals surface area (Å²) in [5, 5.41) is 3.96. The number of hydrogen-bond donors (Lipinski definition) is 2. The molecule has 3 N–H and O–H groups in total. The van der Waals surface area contributed by atoms with Crippen molar-refractivity contribution in [1.82, 2.24) is 9.97 Å². The fourth-order valence-electron chi connectivity index (χ4n) is 2.57. The average Bonchev–Trinajstić information content (AvgIpc) is 2.62. The van der Waals surface area contributed by atoms with Crippen molar-refractivity contribution >= 4 is 23.1 Å². The van der Waals surface area contributed by atoms with Crippen LogP contribution in [0, 0.1) is 20.8 Å². The van der Waals surface area contributed by atoms with Gasteiger partial charge in [0.05, 0.1) is 0 Å². The maximum absolute atomic E-state index is 6.20. The van der Waals surface area contributed by atoms with Gasteiger partial charge in [-0.25, -0.2) is 4.98 Å². The third kappa shape index (κ3) is 4.06. The van der Waals surface area contributed by atoms with Crippen LogP contribution in [-0.2, 0) is 6.54 Å². The predicted octanol–water partition coefficient (Wildman–Crippen LogP) is 5.04. The van der Waals surface area contributed by atoms with Crippen LogP contribution in [0.1, 0.15) is 22.3 Å². The molecule has 0 atom stereocenters. The van der Waals surface area contributed by atoms with Gasteiger partial charge in [-0.3, -0.25) is 0 Å². The van der Waals surface area contributed by atoms with Crippen LogP contribution in [0.5, 0.6) is 11.6 Å². The Kier molecular flexibility index (Phi) is 5.28. The van der Waals surface area contributed by atoms with Crippen LogP contribution in [0.4, 0.5) is 11.5 Å². The minimum absolute atomic E-state index is 0.313. The monoisotopic (exact) mass is 368 g/mol. The van der Waals surface area contributed by atoms with E-state index >= 15 is 0 Å². The Morgan fingerprint density at radius 3 is 2.35 bits per heavy atom. The van der Waals surface area contributed by atoms with Gasteiger partial charge in [0.1, 0.15) is 17.8 Å². The number of halogens is 1. The highest BCUT2D eigenvalue weighted by molar-refractivity contribution is 6.32. The molecule has 6 heteroatoms. The minimum Gasteiger partial charge on any atom is -0.437 e. The van der Waals surface area contributed by atoms with Gasteiger partial charge in [0.25, 0.3) is 0 Å². The lowest BCUT2D eigenvalue weighted by molar-refractivity contribution is 0.464. The first-order valence-electron chi connectivity index (χ1n) is 8.28. The molecule has 134 valence electrons.